The van der Waals surface area contributed by atoms with E-state index in [1.54, 1.807) is 20.8 Å². The van der Waals surface area contributed by atoms with Gasteiger partial charge in [0, 0.05) is 63.1 Å². The summed E-state index contributed by atoms with van der Waals surface area (Å²) in [5.74, 6) is -9.17. The van der Waals surface area contributed by atoms with Crippen LogP contribution < -0.4 is 43.4 Å². The molecular weight excluding hydrogens is 852 g/mol. The van der Waals surface area contributed by atoms with Crippen molar-refractivity contribution in [1.29, 1.82) is 0 Å². The second-order valence-electron chi connectivity index (χ2n) is 14.7. The van der Waals surface area contributed by atoms with Crippen molar-refractivity contribution in [3.05, 3.63) is 24.3 Å². The van der Waals surface area contributed by atoms with Gasteiger partial charge in [-0.2, -0.15) is 0 Å². The summed E-state index contributed by atoms with van der Waals surface area (Å²) >= 11 is 0. The highest BCUT2D eigenvalue weighted by Crippen LogP contribution is 2.11. The molecule has 2 rings (SSSR count). The van der Waals surface area contributed by atoms with Crippen LogP contribution in [0.5, 0.6) is 0 Å². The quantitative estimate of drug-likeness (QED) is 0.0289. The van der Waals surface area contributed by atoms with E-state index in [0.29, 0.717) is 0 Å². The topological polar surface area (TPSA) is 399 Å². The van der Waals surface area contributed by atoms with Crippen LogP contribution in [0.25, 0.3) is 0 Å². The highest BCUT2D eigenvalue weighted by atomic mass is 16.6. The maximum atomic E-state index is 12.5. The number of nitrogens with two attached hydrogens (primary N) is 2. The van der Waals surface area contributed by atoms with Gasteiger partial charge >= 0.3 is 11.9 Å². The highest BCUT2D eigenvalue weighted by Gasteiger charge is 2.27. The van der Waals surface area contributed by atoms with E-state index in [1.807, 2.05) is 0 Å². The van der Waals surface area contributed by atoms with Gasteiger partial charge in [0.15, 0.2) is 0 Å². The van der Waals surface area contributed by atoms with E-state index in [2.05, 4.69) is 31.9 Å². The lowest BCUT2D eigenvalue weighted by atomic mass is 10.1. The first-order valence-corrected chi connectivity index (χ1v) is 19.6. The van der Waals surface area contributed by atoms with E-state index in [0.717, 1.165) is 34.1 Å². The van der Waals surface area contributed by atoms with Crippen LogP contribution in [0.3, 0.4) is 0 Å². The lowest BCUT2D eigenvalue weighted by Crippen LogP contribution is -2.49. The van der Waals surface area contributed by atoms with E-state index in [-0.39, 0.29) is 58.0 Å². The van der Waals surface area contributed by atoms with Gasteiger partial charge in [0.1, 0.15) is 17.7 Å². The molecule has 0 spiro atoms. The Morgan fingerprint density at radius 1 is 0.562 bits per heavy atom. The van der Waals surface area contributed by atoms with Crippen molar-refractivity contribution in [3.8, 4) is 0 Å². The predicted molar refractivity (Wildman–Crippen MR) is 216 cm³/mol. The van der Waals surface area contributed by atoms with Gasteiger partial charge in [0.05, 0.1) is 26.2 Å². The van der Waals surface area contributed by atoms with Gasteiger partial charge in [-0.3, -0.25) is 76.9 Å². The first-order valence-electron chi connectivity index (χ1n) is 19.6. The first kappa shape index (κ1) is 54.5. The zero-order valence-electron chi connectivity index (χ0n) is 35.5. The fraction of sp³-hybridized carbons (Fsp3) is 0.526. The number of carbonyl (C=O) groups excluding carboxylic acids is 13. The summed E-state index contributed by atoms with van der Waals surface area (Å²) in [4.78, 5) is 164. The molecule has 0 aromatic heterocycles. The molecule has 0 bridgehead atoms. The third kappa shape index (κ3) is 23.5. The molecule has 2 aliphatic rings. The molecule has 2 aliphatic heterocycles. The minimum Gasteiger partial charge on any atom is -0.481 e. The zero-order valence-corrected chi connectivity index (χ0v) is 35.5. The lowest BCUT2D eigenvalue weighted by molar-refractivity contribution is -0.155. The highest BCUT2D eigenvalue weighted by molar-refractivity contribution is 6.13. The Morgan fingerprint density at radius 3 is 1.25 bits per heavy atom. The van der Waals surface area contributed by atoms with E-state index in [9.17, 15) is 67.1 Å². The predicted octanol–water partition coefficient (Wildman–Crippen LogP) is -5.23. The molecule has 0 aliphatic carbocycles. The van der Waals surface area contributed by atoms with Crippen molar-refractivity contribution >= 4 is 82.8 Å². The Hall–Kier alpha value is -7.54. The van der Waals surface area contributed by atoms with Crippen molar-refractivity contribution in [2.45, 2.75) is 89.8 Å². The number of primary amides is 2. The van der Waals surface area contributed by atoms with Crippen LogP contribution in [-0.2, 0) is 71.9 Å². The molecule has 0 aromatic rings. The van der Waals surface area contributed by atoms with E-state index in [4.69, 9.17) is 21.3 Å². The number of ether oxygens (including phenoxy) is 1. The van der Waals surface area contributed by atoms with E-state index >= 15 is 0 Å². The molecule has 64 heavy (non-hydrogen) atoms. The molecule has 0 saturated heterocycles. The van der Waals surface area contributed by atoms with Crippen molar-refractivity contribution < 1.29 is 77.0 Å². The first-order chi connectivity index (χ1) is 29.9. The molecule has 0 aromatic carbocycles. The molecular formula is C38H54N10O16. The summed E-state index contributed by atoms with van der Waals surface area (Å²) < 4.78 is 5.20. The van der Waals surface area contributed by atoms with Gasteiger partial charge in [0.2, 0.25) is 47.3 Å². The van der Waals surface area contributed by atoms with Crippen molar-refractivity contribution in [1.82, 2.24) is 41.7 Å². The minimum atomic E-state index is -1.21. The number of nitrogens with one attached hydrogen (secondary N) is 6. The average molecular weight is 907 g/mol. The van der Waals surface area contributed by atoms with Crippen LogP contribution in [0.1, 0.15) is 72.1 Å². The second kappa shape index (κ2) is 27.4. The Morgan fingerprint density at radius 2 is 0.922 bits per heavy atom. The number of nitrogens with zero attached hydrogens (tertiary/aromatic N) is 2. The Balaban J connectivity index is 0.000000645. The summed E-state index contributed by atoms with van der Waals surface area (Å²) in [7, 11) is 0. The summed E-state index contributed by atoms with van der Waals surface area (Å²) in [6, 6.07) is -2.37. The molecule has 2 heterocycles. The van der Waals surface area contributed by atoms with Gasteiger partial charge in [-0.1, -0.05) is 0 Å². The lowest BCUT2D eigenvalue weighted by Gasteiger charge is -2.21. The third-order valence-corrected chi connectivity index (χ3v) is 8.15. The van der Waals surface area contributed by atoms with Crippen LogP contribution >= 0.6 is 0 Å². The fourth-order valence-electron chi connectivity index (χ4n) is 5.17. The number of hydrogen-bond acceptors (Lipinski definition) is 15. The van der Waals surface area contributed by atoms with Crippen LogP contribution in [0.2, 0.25) is 0 Å². The Bertz CT molecular complexity index is 1850. The summed E-state index contributed by atoms with van der Waals surface area (Å²) in [5.41, 5.74) is 9.08. The van der Waals surface area contributed by atoms with Crippen LogP contribution in [0.15, 0.2) is 24.3 Å². The number of carbonyl (C=O) groups is 14. The molecule has 352 valence electrons. The molecule has 0 fully saturated rings. The molecule has 2 unspecified atom stereocenters. The largest absolute Gasteiger partial charge is 0.481 e. The average Bonchev–Trinajstić information content (AvgIpc) is 3.70. The smallest absolute Gasteiger partial charge is 0.306 e. The SMILES string of the molecule is CC(C)(C)OC(=O)CCC(NC(=O)CCCN1C(=O)C=CC1=O)C(=O)NCC(=O)NCC(N)=O.NC(=O)CNC(=O)CNC(=O)C(CCC(=O)O)NC(=O)CCCN1C(=O)C=CC1=O. The van der Waals surface area contributed by atoms with Gasteiger partial charge in [0.25, 0.3) is 23.6 Å². The molecule has 2 atom stereocenters. The van der Waals surface area contributed by atoms with Crippen LogP contribution in [0.4, 0.5) is 0 Å². The number of rotatable bonds is 26. The van der Waals surface area contributed by atoms with E-state index in [1.165, 1.54) is 0 Å². The maximum Gasteiger partial charge on any atom is 0.306 e. The van der Waals surface area contributed by atoms with Crippen molar-refractivity contribution in [3.63, 3.8) is 0 Å². The monoisotopic (exact) mass is 906 g/mol. The Labute approximate surface area is 366 Å². The summed E-state index contributed by atoms with van der Waals surface area (Å²) in [6.07, 6.45) is 3.72. The summed E-state index contributed by atoms with van der Waals surface area (Å²) in [6.45, 7) is 3.33. The third-order valence-electron chi connectivity index (χ3n) is 8.15. The molecule has 11 N–H and O–H groups in total. The molecule has 0 radical (unpaired) electrons. The van der Waals surface area contributed by atoms with Crippen molar-refractivity contribution in [2.75, 3.05) is 39.3 Å². The molecule has 12 amide bonds. The van der Waals surface area contributed by atoms with Crippen LogP contribution in [0, 0.1) is 0 Å². The fourth-order valence-corrected chi connectivity index (χ4v) is 5.17. The van der Waals surface area contributed by atoms with Gasteiger partial charge < -0.3 is 53.2 Å². The number of esters is 1. The minimum absolute atomic E-state index is 0.0180. The zero-order chi connectivity index (χ0) is 48.6. The number of aliphatic carboxylic acids is 1. The van der Waals surface area contributed by atoms with Crippen molar-refractivity contribution in [2.24, 2.45) is 11.5 Å². The normalized spacial score (nSPS) is 13.8. The Kier molecular flexibility index (Phi) is 23.3. The second-order valence-corrected chi connectivity index (χ2v) is 14.7. The number of carboxylic acid groups (broad SMARTS) is 1. The molecule has 26 heteroatoms. The standard InChI is InChI=1S/C21H31N5O8.C17H23N5O8/c1-21(2,3)34-19(32)9-6-13(20(33)24-12-16(29)23-11-14(22)27)25-15(28)5-4-10-26-17(30)7-8-18(26)31;18-11(23)8-19-13(25)9-20-17(30)10(3-6-16(28)29)21-12(24)2-1-7-22-14(26)4-5-15(22)27/h7-8,13H,4-6,9-12H2,1-3H3,(H2,22,27)(H,23,29)(H,24,33)(H,25,28);4-5,10H,1-3,6-9H2,(H2,18,23)(H,19,25)(H,20,30)(H,21,24)(H,28,29). The van der Waals surface area contributed by atoms with Gasteiger partial charge in [-0.15, -0.1) is 0 Å². The van der Waals surface area contributed by atoms with E-state index < -0.39 is 133 Å². The number of amides is 12. The van der Waals surface area contributed by atoms with Gasteiger partial charge in [-0.05, 0) is 46.5 Å². The number of hydrogen-bond donors (Lipinski definition) is 9. The molecule has 26 nitrogen and oxygen atoms in total. The summed E-state index contributed by atoms with van der Waals surface area (Å²) in [5, 5.41) is 22.6. The molecule has 0 saturated carbocycles. The number of carboxylic acids is 1. The van der Waals surface area contributed by atoms with Crippen LogP contribution in [-0.4, -0.2) is 155 Å². The number of imide groups is 2. The maximum absolute atomic E-state index is 12.5. The van der Waals surface area contributed by atoms with Gasteiger partial charge in [-0.25, -0.2) is 0 Å².